The molecule has 3 rings (SSSR count). The first-order chi connectivity index (χ1) is 9.51. The largest absolute Gasteiger partial charge is 0.481 e. The Labute approximate surface area is 115 Å². The molecule has 1 saturated heterocycles. The number of carbonyl (C=O) groups is 3. The average Bonchev–Trinajstić information content (AvgIpc) is 3.19. The molecule has 1 aromatic carbocycles. The van der Waals surface area contributed by atoms with Crippen LogP contribution in [0.2, 0.25) is 0 Å². The van der Waals surface area contributed by atoms with Gasteiger partial charge in [-0.2, -0.15) is 0 Å². The van der Waals surface area contributed by atoms with Crippen LogP contribution in [0.25, 0.3) is 0 Å². The molecule has 1 heterocycles. The number of hydrogen-bond donors (Lipinski definition) is 2. The topological polar surface area (TPSA) is 86.7 Å². The van der Waals surface area contributed by atoms with E-state index in [4.69, 9.17) is 0 Å². The van der Waals surface area contributed by atoms with Gasteiger partial charge in [0.15, 0.2) is 0 Å². The van der Waals surface area contributed by atoms with Crippen LogP contribution >= 0.6 is 0 Å². The summed E-state index contributed by atoms with van der Waals surface area (Å²) in [4.78, 5) is 35.6. The van der Waals surface area contributed by atoms with Crippen molar-refractivity contribution in [3.63, 3.8) is 0 Å². The third kappa shape index (κ3) is 2.03. The highest BCUT2D eigenvalue weighted by molar-refractivity contribution is 6.02. The highest BCUT2D eigenvalue weighted by Crippen LogP contribution is 2.48. The molecule has 1 aromatic rings. The van der Waals surface area contributed by atoms with Gasteiger partial charge in [-0.15, -0.1) is 0 Å². The zero-order chi connectivity index (χ0) is 14.3. The van der Waals surface area contributed by atoms with Crippen LogP contribution in [0.5, 0.6) is 0 Å². The Morgan fingerprint density at radius 2 is 1.65 bits per heavy atom. The number of hydrogen-bond acceptors (Lipinski definition) is 4. The van der Waals surface area contributed by atoms with Gasteiger partial charge < -0.3 is 10.0 Å². The van der Waals surface area contributed by atoms with Crippen molar-refractivity contribution in [3.8, 4) is 0 Å². The first-order valence-electron chi connectivity index (χ1n) is 6.43. The smallest absolute Gasteiger partial charge is 0.314 e. The Bertz CT molecular complexity index is 574. The van der Waals surface area contributed by atoms with Crippen LogP contribution in [0.1, 0.15) is 18.4 Å². The predicted molar refractivity (Wildman–Crippen MR) is 70.4 cm³/mol. The van der Waals surface area contributed by atoms with E-state index in [0.717, 1.165) is 11.3 Å². The zero-order valence-electron chi connectivity index (χ0n) is 10.8. The molecule has 0 aromatic heterocycles. The summed E-state index contributed by atoms with van der Waals surface area (Å²) >= 11 is 0. The molecule has 6 heteroatoms. The lowest BCUT2D eigenvalue weighted by atomic mass is 9.96. The van der Waals surface area contributed by atoms with E-state index < -0.39 is 11.4 Å². The van der Waals surface area contributed by atoms with Gasteiger partial charge in [0.25, 0.3) is 0 Å². The van der Waals surface area contributed by atoms with Crippen molar-refractivity contribution in [1.29, 1.82) is 0 Å². The van der Waals surface area contributed by atoms with E-state index in [2.05, 4.69) is 5.32 Å². The van der Waals surface area contributed by atoms with Crippen molar-refractivity contribution >= 4 is 23.5 Å². The first kappa shape index (κ1) is 12.7. The minimum atomic E-state index is -0.794. The van der Waals surface area contributed by atoms with Crippen LogP contribution in [0.15, 0.2) is 24.3 Å². The van der Waals surface area contributed by atoms with Gasteiger partial charge in [-0.05, 0) is 30.5 Å². The first-order valence-corrected chi connectivity index (χ1v) is 6.43. The number of benzene rings is 1. The van der Waals surface area contributed by atoms with Gasteiger partial charge in [-0.1, -0.05) is 12.1 Å². The number of aliphatic carboxylic acids is 1. The molecule has 2 N–H and O–H groups in total. The zero-order valence-corrected chi connectivity index (χ0v) is 10.8. The average molecular weight is 274 g/mol. The summed E-state index contributed by atoms with van der Waals surface area (Å²) in [5.74, 6) is -1.44. The molecule has 2 aliphatic rings. The number of amides is 2. The number of anilines is 1. The van der Waals surface area contributed by atoms with E-state index in [9.17, 15) is 19.5 Å². The van der Waals surface area contributed by atoms with Crippen molar-refractivity contribution in [3.05, 3.63) is 29.8 Å². The maximum atomic E-state index is 11.3. The van der Waals surface area contributed by atoms with Gasteiger partial charge in [0.1, 0.15) is 0 Å². The van der Waals surface area contributed by atoms with Crippen LogP contribution in [0.3, 0.4) is 0 Å². The Balaban J connectivity index is 1.81. The molecule has 6 nitrogen and oxygen atoms in total. The summed E-state index contributed by atoms with van der Waals surface area (Å²) < 4.78 is 0. The molecule has 0 radical (unpaired) electrons. The highest BCUT2D eigenvalue weighted by atomic mass is 16.4. The third-order valence-electron chi connectivity index (χ3n) is 3.89. The van der Waals surface area contributed by atoms with Crippen LogP contribution in [-0.4, -0.2) is 36.0 Å². The summed E-state index contributed by atoms with van der Waals surface area (Å²) in [6, 6.07) is 7.08. The van der Waals surface area contributed by atoms with Gasteiger partial charge >= 0.3 is 5.97 Å². The van der Waals surface area contributed by atoms with Gasteiger partial charge in [0, 0.05) is 5.69 Å². The maximum Gasteiger partial charge on any atom is 0.314 e. The number of nitrogens with one attached hydrogen (secondary N) is 1. The van der Waals surface area contributed by atoms with E-state index in [1.807, 2.05) is 0 Å². The van der Waals surface area contributed by atoms with Gasteiger partial charge in [0.05, 0.1) is 18.5 Å². The minimum absolute atomic E-state index is 0.134. The molecule has 0 bridgehead atoms. The van der Waals surface area contributed by atoms with E-state index in [0.29, 0.717) is 12.8 Å². The van der Waals surface area contributed by atoms with Crippen LogP contribution < -0.4 is 10.2 Å². The number of imide groups is 1. The highest BCUT2D eigenvalue weighted by Gasteiger charge is 2.51. The van der Waals surface area contributed by atoms with Crippen molar-refractivity contribution in [2.75, 3.05) is 18.0 Å². The minimum Gasteiger partial charge on any atom is -0.481 e. The molecular weight excluding hydrogens is 260 g/mol. The van der Waals surface area contributed by atoms with E-state index in [1.54, 1.807) is 29.2 Å². The Morgan fingerprint density at radius 1 is 1.10 bits per heavy atom. The molecule has 0 spiro atoms. The number of carboxylic acid groups (broad SMARTS) is 1. The second-order valence-electron chi connectivity index (χ2n) is 5.26. The lowest BCUT2D eigenvalue weighted by Crippen LogP contribution is -2.51. The van der Waals surface area contributed by atoms with Gasteiger partial charge in [-0.3, -0.25) is 19.7 Å². The summed E-state index contributed by atoms with van der Waals surface area (Å²) in [5, 5.41) is 11.5. The number of nitrogens with zero attached hydrogens (tertiary/aromatic N) is 1. The van der Waals surface area contributed by atoms with E-state index >= 15 is 0 Å². The van der Waals surface area contributed by atoms with Crippen molar-refractivity contribution < 1.29 is 19.5 Å². The van der Waals surface area contributed by atoms with Crippen LogP contribution in [0, 0.1) is 0 Å². The molecule has 2 amide bonds. The fraction of sp³-hybridized carbons (Fsp3) is 0.357. The van der Waals surface area contributed by atoms with Crippen molar-refractivity contribution in [1.82, 2.24) is 5.32 Å². The quantitative estimate of drug-likeness (QED) is 0.772. The summed E-state index contributed by atoms with van der Waals surface area (Å²) in [5.41, 5.74) is 0.799. The Kier molecular flexibility index (Phi) is 2.74. The van der Waals surface area contributed by atoms with E-state index in [1.165, 1.54) is 0 Å². The second kappa shape index (κ2) is 4.33. The maximum absolute atomic E-state index is 11.3. The number of carboxylic acids is 1. The van der Waals surface area contributed by atoms with Crippen molar-refractivity contribution in [2.45, 2.75) is 18.3 Å². The second-order valence-corrected chi connectivity index (χ2v) is 5.26. The van der Waals surface area contributed by atoms with Crippen LogP contribution in [-0.2, 0) is 19.8 Å². The lowest BCUT2D eigenvalue weighted by molar-refractivity contribution is -0.140. The SMILES string of the molecule is O=C1CN(c2ccc(C3(C(=O)O)CC3)cc2)CC(=O)N1. The lowest BCUT2D eigenvalue weighted by Gasteiger charge is -2.27. The molecule has 104 valence electrons. The molecule has 20 heavy (non-hydrogen) atoms. The summed E-state index contributed by atoms with van der Waals surface area (Å²) in [6.07, 6.45) is 1.32. The van der Waals surface area contributed by atoms with Gasteiger partial charge in [-0.25, -0.2) is 0 Å². The summed E-state index contributed by atoms with van der Waals surface area (Å²) in [6.45, 7) is 0.268. The Hall–Kier alpha value is -2.37. The Morgan fingerprint density at radius 3 is 2.10 bits per heavy atom. The van der Waals surface area contributed by atoms with Gasteiger partial charge in [0.2, 0.25) is 11.8 Å². The monoisotopic (exact) mass is 274 g/mol. The molecule has 0 atom stereocenters. The molecule has 1 aliphatic heterocycles. The molecule has 0 unspecified atom stereocenters. The summed E-state index contributed by atoms with van der Waals surface area (Å²) in [7, 11) is 0. The molecular formula is C14H14N2O4. The fourth-order valence-electron chi connectivity index (χ4n) is 2.56. The molecule has 2 fully saturated rings. The van der Waals surface area contributed by atoms with E-state index in [-0.39, 0.29) is 24.9 Å². The number of piperazine rings is 1. The number of carbonyl (C=O) groups excluding carboxylic acids is 2. The third-order valence-corrected chi connectivity index (χ3v) is 3.89. The molecule has 1 aliphatic carbocycles. The molecule has 1 saturated carbocycles. The van der Waals surface area contributed by atoms with Crippen LogP contribution in [0.4, 0.5) is 5.69 Å². The fourth-order valence-corrected chi connectivity index (χ4v) is 2.56. The standard InChI is InChI=1S/C14H14N2O4/c17-11-7-16(8-12(18)15-11)10-3-1-9(2-4-10)14(5-6-14)13(19)20/h1-4H,5-8H2,(H,19,20)(H,15,17,18). The van der Waals surface area contributed by atoms with Crippen molar-refractivity contribution in [2.24, 2.45) is 0 Å². The number of rotatable bonds is 3. The predicted octanol–water partition coefficient (Wildman–Crippen LogP) is 0.266. The normalized spacial score (nSPS) is 20.5.